The Kier molecular flexibility index (Phi) is 4.45. The smallest absolute Gasteiger partial charge is 0.208 e. The molecule has 0 saturated heterocycles. The van der Waals surface area contributed by atoms with Gasteiger partial charge in [-0.25, -0.2) is 4.98 Å². The molecule has 1 aliphatic rings. The van der Waals surface area contributed by atoms with Gasteiger partial charge in [0.05, 0.1) is 17.2 Å². The van der Waals surface area contributed by atoms with Gasteiger partial charge in [0, 0.05) is 13.0 Å². The van der Waals surface area contributed by atoms with E-state index in [1.807, 2.05) is 19.1 Å². The molecule has 112 valence electrons. The van der Waals surface area contributed by atoms with Gasteiger partial charge in [-0.3, -0.25) is 0 Å². The molecule has 0 bridgehead atoms. The van der Waals surface area contributed by atoms with E-state index in [0.717, 1.165) is 33.7 Å². The summed E-state index contributed by atoms with van der Waals surface area (Å²) in [5.74, 6) is 3.19. The van der Waals surface area contributed by atoms with Gasteiger partial charge in [-0.2, -0.15) is 0 Å². The minimum absolute atomic E-state index is 0.590. The standard InChI is InChI=1S/C15H17BrN2O3/c1-2-11-8-18-14(21-11)9-17-7-10-5-12(16)15-13(6-10)19-3-4-20-15/h5-6,8,17H,2-4,7,9H2,1H3. The third-order valence-electron chi connectivity index (χ3n) is 3.21. The number of nitrogens with zero attached hydrogens (tertiary/aromatic N) is 1. The quantitative estimate of drug-likeness (QED) is 0.895. The minimum Gasteiger partial charge on any atom is -0.486 e. The van der Waals surface area contributed by atoms with Crippen LogP contribution in [0.5, 0.6) is 11.5 Å². The van der Waals surface area contributed by atoms with Gasteiger partial charge in [-0.15, -0.1) is 0 Å². The van der Waals surface area contributed by atoms with Crippen LogP contribution in [0.1, 0.15) is 24.1 Å². The van der Waals surface area contributed by atoms with Crippen LogP contribution in [0.3, 0.4) is 0 Å². The van der Waals surface area contributed by atoms with E-state index in [2.05, 4.69) is 26.2 Å². The number of oxazole rings is 1. The van der Waals surface area contributed by atoms with Crippen LogP contribution in [0.15, 0.2) is 27.2 Å². The summed E-state index contributed by atoms with van der Waals surface area (Å²) in [4.78, 5) is 4.22. The molecule has 3 rings (SSSR count). The van der Waals surface area contributed by atoms with Gasteiger partial charge in [0.2, 0.25) is 5.89 Å². The van der Waals surface area contributed by atoms with E-state index < -0.39 is 0 Å². The molecule has 2 aromatic rings. The SMILES string of the molecule is CCc1cnc(CNCc2cc(Br)c3c(c2)OCCO3)o1. The number of aryl methyl sites for hydroxylation is 1. The normalized spacial score (nSPS) is 13.4. The van der Waals surface area contributed by atoms with E-state index in [4.69, 9.17) is 13.9 Å². The van der Waals surface area contributed by atoms with Crippen LogP contribution in [-0.4, -0.2) is 18.2 Å². The maximum absolute atomic E-state index is 5.61. The summed E-state index contributed by atoms with van der Waals surface area (Å²) in [6.07, 6.45) is 2.64. The highest BCUT2D eigenvalue weighted by Gasteiger charge is 2.16. The molecule has 0 unspecified atom stereocenters. The van der Waals surface area contributed by atoms with Crippen molar-refractivity contribution in [1.82, 2.24) is 10.3 Å². The first kappa shape index (κ1) is 14.4. The highest BCUT2D eigenvalue weighted by Crippen LogP contribution is 2.38. The molecule has 0 atom stereocenters. The predicted octanol–water partition coefficient (Wildman–Crippen LogP) is 3.06. The molecule has 21 heavy (non-hydrogen) atoms. The van der Waals surface area contributed by atoms with Crippen LogP contribution in [0.2, 0.25) is 0 Å². The Balaban J connectivity index is 1.61. The number of rotatable bonds is 5. The molecule has 0 saturated carbocycles. The number of ether oxygens (including phenoxy) is 2. The van der Waals surface area contributed by atoms with Gasteiger partial charge in [0.15, 0.2) is 11.5 Å². The number of hydrogen-bond acceptors (Lipinski definition) is 5. The Morgan fingerprint density at radius 3 is 2.90 bits per heavy atom. The van der Waals surface area contributed by atoms with Crippen molar-refractivity contribution in [3.8, 4) is 11.5 Å². The molecule has 1 aromatic heterocycles. The Bertz CT molecular complexity index is 627. The summed E-state index contributed by atoms with van der Waals surface area (Å²) >= 11 is 3.52. The fourth-order valence-electron chi connectivity index (χ4n) is 2.17. The average Bonchev–Trinajstić information content (AvgIpc) is 2.95. The number of hydrogen-bond donors (Lipinski definition) is 1. The number of fused-ring (bicyclic) bond motifs is 1. The van der Waals surface area contributed by atoms with Gasteiger partial charge >= 0.3 is 0 Å². The van der Waals surface area contributed by atoms with Crippen molar-refractivity contribution in [3.05, 3.63) is 40.0 Å². The zero-order chi connectivity index (χ0) is 14.7. The fraction of sp³-hybridized carbons (Fsp3) is 0.400. The number of aromatic nitrogens is 1. The minimum atomic E-state index is 0.590. The van der Waals surface area contributed by atoms with Gasteiger partial charge in [0.25, 0.3) is 0 Å². The predicted molar refractivity (Wildman–Crippen MR) is 81.6 cm³/mol. The number of benzene rings is 1. The van der Waals surface area contributed by atoms with Crippen LogP contribution in [-0.2, 0) is 19.5 Å². The van der Waals surface area contributed by atoms with Crippen molar-refractivity contribution in [3.63, 3.8) is 0 Å². The van der Waals surface area contributed by atoms with Crippen LogP contribution >= 0.6 is 15.9 Å². The lowest BCUT2D eigenvalue weighted by molar-refractivity contribution is 0.170. The molecular weight excluding hydrogens is 336 g/mol. The summed E-state index contributed by atoms with van der Waals surface area (Å²) in [5, 5.41) is 3.32. The Labute approximate surface area is 131 Å². The largest absolute Gasteiger partial charge is 0.486 e. The topological polar surface area (TPSA) is 56.5 Å². The van der Waals surface area contributed by atoms with Gasteiger partial charge < -0.3 is 19.2 Å². The second-order valence-electron chi connectivity index (χ2n) is 4.78. The van der Waals surface area contributed by atoms with Crippen molar-refractivity contribution in [2.45, 2.75) is 26.4 Å². The van der Waals surface area contributed by atoms with Crippen LogP contribution in [0.25, 0.3) is 0 Å². The molecule has 5 nitrogen and oxygen atoms in total. The zero-order valence-electron chi connectivity index (χ0n) is 11.8. The number of halogens is 1. The highest BCUT2D eigenvalue weighted by molar-refractivity contribution is 9.10. The van der Waals surface area contributed by atoms with Crippen LogP contribution in [0.4, 0.5) is 0 Å². The van der Waals surface area contributed by atoms with Crippen molar-refractivity contribution in [2.24, 2.45) is 0 Å². The van der Waals surface area contributed by atoms with Crippen molar-refractivity contribution in [1.29, 1.82) is 0 Å². The van der Waals surface area contributed by atoms with E-state index in [1.165, 1.54) is 0 Å². The molecule has 1 aliphatic heterocycles. The highest BCUT2D eigenvalue weighted by atomic mass is 79.9. The summed E-state index contributed by atoms with van der Waals surface area (Å²) in [7, 11) is 0. The zero-order valence-corrected chi connectivity index (χ0v) is 13.4. The maximum atomic E-state index is 5.61. The van der Waals surface area contributed by atoms with Gasteiger partial charge in [-0.05, 0) is 33.6 Å². The van der Waals surface area contributed by atoms with E-state index >= 15 is 0 Å². The monoisotopic (exact) mass is 352 g/mol. The molecule has 6 heteroatoms. The summed E-state index contributed by atoms with van der Waals surface area (Å²) in [5.41, 5.74) is 1.12. The molecule has 0 radical (unpaired) electrons. The van der Waals surface area contributed by atoms with E-state index in [1.54, 1.807) is 6.20 Å². The summed E-state index contributed by atoms with van der Waals surface area (Å²) < 4.78 is 17.7. The van der Waals surface area contributed by atoms with Gasteiger partial charge in [0.1, 0.15) is 19.0 Å². The number of nitrogens with one attached hydrogen (secondary N) is 1. The molecule has 1 aromatic carbocycles. The molecule has 0 fully saturated rings. The third-order valence-corrected chi connectivity index (χ3v) is 3.80. The van der Waals surface area contributed by atoms with E-state index in [0.29, 0.717) is 32.2 Å². The summed E-state index contributed by atoms with van der Waals surface area (Å²) in [6, 6.07) is 4.03. The first-order chi connectivity index (χ1) is 10.3. The Hall–Kier alpha value is -1.53. The fourth-order valence-corrected chi connectivity index (χ4v) is 2.78. The van der Waals surface area contributed by atoms with E-state index in [9.17, 15) is 0 Å². The first-order valence-corrected chi connectivity index (χ1v) is 7.78. The first-order valence-electron chi connectivity index (χ1n) is 6.98. The maximum Gasteiger partial charge on any atom is 0.208 e. The van der Waals surface area contributed by atoms with Crippen molar-refractivity contribution < 1.29 is 13.9 Å². The molecule has 0 spiro atoms. The lowest BCUT2D eigenvalue weighted by Gasteiger charge is -2.20. The lowest BCUT2D eigenvalue weighted by atomic mass is 10.2. The molecular formula is C15H17BrN2O3. The lowest BCUT2D eigenvalue weighted by Crippen LogP contribution is -2.17. The van der Waals surface area contributed by atoms with Crippen molar-refractivity contribution in [2.75, 3.05) is 13.2 Å². The average molecular weight is 353 g/mol. The molecule has 0 aliphatic carbocycles. The second-order valence-corrected chi connectivity index (χ2v) is 5.63. The molecule has 1 N–H and O–H groups in total. The Morgan fingerprint density at radius 1 is 1.24 bits per heavy atom. The molecule has 0 amide bonds. The van der Waals surface area contributed by atoms with Crippen molar-refractivity contribution >= 4 is 15.9 Å². The Morgan fingerprint density at radius 2 is 2.10 bits per heavy atom. The third kappa shape index (κ3) is 3.39. The molecule has 2 heterocycles. The van der Waals surface area contributed by atoms with Gasteiger partial charge in [-0.1, -0.05) is 6.92 Å². The van der Waals surface area contributed by atoms with Crippen LogP contribution < -0.4 is 14.8 Å². The van der Waals surface area contributed by atoms with E-state index in [-0.39, 0.29) is 0 Å². The summed E-state index contributed by atoms with van der Waals surface area (Å²) in [6.45, 7) is 4.54. The second kappa shape index (κ2) is 6.49. The van der Waals surface area contributed by atoms with Crippen LogP contribution in [0, 0.1) is 0 Å².